The monoisotopic (exact) mass is 454 g/mol. The molecule has 0 unspecified atom stereocenters. The average Bonchev–Trinajstić information content (AvgIpc) is 3.15. The normalized spacial score (nSPS) is 14.1. The molecule has 1 saturated heterocycles. The highest BCUT2D eigenvalue weighted by Crippen LogP contribution is 2.20. The van der Waals surface area contributed by atoms with Gasteiger partial charge in [0.05, 0.1) is 16.7 Å². The van der Waals surface area contributed by atoms with E-state index in [-0.39, 0.29) is 41.9 Å². The number of nitrogens with zero attached hydrogens (tertiary/aromatic N) is 5. The van der Waals surface area contributed by atoms with Gasteiger partial charge in [-0.15, -0.1) is 5.10 Å². The summed E-state index contributed by atoms with van der Waals surface area (Å²) in [6.45, 7) is 3.51. The Morgan fingerprint density at radius 3 is 2.59 bits per heavy atom. The van der Waals surface area contributed by atoms with Crippen molar-refractivity contribution < 1.29 is 9.59 Å². The molecule has 0 aliphatic carbocycles. The lowest BCUT2D eigenvalue weighted by Gasteiger charge is -2.27. The number of carbonyl (C=O) groups excluding carboxylic acids is 2. The van der Waals surface area contributed by atoms with Crippen LogP contribution in [0.3, 0.4) is 0 Å². The first-order valence-corrected chi connectivity index (χ1v) is 11.7. The predicted octanol–water partition coefficient (Wildman–Crippen LogP) is 2.32. The van der Waals surface area contributed by atoms with Crippen molar-refractivity contribution in [3.63, 3.8) is 0 Å². The third-order valence-electron chi connectivity index (χ3n) is 5.55. The number of hydrogen-bond donors (Lipinski definition) is 1. The van der Waals surface area contributed by atoms with Gasteiger partial charge in [-0.25, -0.2) is 9.67 Å². The second kappa shape index (κ2) is 9.56. The van der Waals surface area contributed by atoms with Crippen molar-refractivity contribution in [2.45, 2.75) is 44.3 Å². The number of nitrogens with two attached hydrogens (primary N) is 1. The molecule has 4 rings (SSSR count). The molecule has 2 aromatic heterocycles. The molecular formula is C22H26N6O3S. The van der Waals surface area contributed by atoms with E-state index < -0.39 is 0 Å². The molecule has 9 nitrogen and oxygen atoms in total. The number of thioether (sulfide) groups is 1. The molecule has 1 aromatic carbocycles. The fourth-order valence-corrected chi connectivity index (χ4v) is 4.77. The Morgan fingerprint density at radius 1 is 1.12 bits per heavy atom. The van der Waals surface area contributed by atoms with Crippen LogP contribution in [0.15, 0.2) is 40.3 Å². The highest BCUT2D eigenvalue weighted by atomic mass is 32.2. The molecule has 3 aromatic rings. The van der Waals surface area contributed by atoms with E-state index in [0.29, 0.717) is 21.8 Å². The second-order valence-corrected chi connectivity index (χ2v) is 8.81. The highest BCUT2D eigenvalue weighted by molar-refractivity contribution is 7.99. The van der Waals surface area contributed by atoms with E-state index in [9.17, 15) is 14.4 Å². The smallest absolute Gasteiger partial charge is 0.262 e. The summed E-state index contributed by atoms with van der Waals surface area (Å²) in [7, 11) is 0. The molecule has 1 aliphatic rings. The molecule has 3 heterocycles. The zero-order chi connectivity index (χ0) is 22.7. The number of likely N-dealkylation sites (tertiary alicyclic amines) is 1. The molecule has 1 amide bonds. The molecule has 168 valence electrons. The van der Waals surface area contributed by atoms with Crippen molar-refractivity contribution in [1.29, 1.82) is 0 Å². The van der Waals surface area contributed by atoms with Crippen molar-refractivity contribution in [3.05, 3.63) is 46.4 Å². The number of rotatable bonds is 6. The predicted molar refractivity (Wildman–Crippen MR) is 124 cm³/mol. The standard InChI is InChI=1S/C22H26N6O3S/c1-15-13-18(23)25-28(15)20(30)14-32-22-24-17-8-4-3-7-16(17)21(31)27(22)12-9-19(29)26-10-5-2-6-11-26/h3-4,7-8,13H,2,5-6,9-12,14H2,1H3,(H2,23,25). The third-order valence-corrected chi connectivity index (χ3v) is 6.51. The molecule has 0 atom stereocenters. The molecule has 0 bridgehead atoms. The first-order chi connectivity index (χ1) is 15.4. The number of carbonyl (C=O) groups is 2. The van der Waals surface area contributed by atoms with Crippen LogP contribution < -0.4 is 11.3 Å². The van der Waals surface area contributed by atoms with Crippen LogP contribution in [0.5, 0.6) is 0 Å². The Morgan fingerprint density at radius 2 is 1.88 bits per heavy atom. The van der Waals surface area contributed by atoms with Crippen LogP contribution in [-0.2, 0) is 11.3 Å². The van der Waals surface area contributed by atoms with Gasteiger partial charge < -0.3 is 10.6 Å². The summed E-state index contributed by atoms with van der Waals surface area (Å²) in [5, 5.41) is 4.91. The molecule has 32 heavy (non-hydrogen) atoms. The van der Waals surface area contributed by atoms with Crippen molar-refractivity contribution >= 4 is 40.3 Å². The maximum Gasteiger partial charge on any atom is 0.262 e. The lowest BCUT2D eigenvalue weighted by atomic mass is 10.1. The van der Waals surface area contributed by atoms with Gasteiger partial charge in [0.25, 0.3) is 11.5 Å². The summed E-state index contributed by atoms with van der Waals surface area (Å²) in [5.74, 6) is 0.0899. The Bertz CT molecular complexity index is 1210. The Labute approximate surface area is 189 Å². The van der Waals surface area contributed by atoms with E-state index in [2.05, 4.69) is 10.1 Å². The summed E-state index contributed by atoms with van der Waals surface area (Å²) in [6.07, 6.45) is 3.40. The number of hydrogen-bond acceptors (Lipinski definition) is 7. The maximum atomic E-state index is 13.2. The second-order valence-electron chi connectivity index (χ2n) is 7.86. The van der Waals surface area contributed by atoms with Gasteiger partial charge in [-0.2, -0.15) is 0 Å². The third kappa shape index (κ3) is 4.69. The lowest BCUT2D eigenvalue weighted by Crippen LogP contribution is -2.36. The number of amides is 1. The summed E-state index contributed by atoms with van der Waals surface area (Å²) >= 11 is 1.16. The minimum absolute atomic E-state index is 0.0345. The lowest BCUT2D eigenvalue weighted by molar-refractivity contribution is -0.132. The Hall–Kier alpha value is -3.14. The van der Waals surface area contributed by atoms with Gasteiger partial charge in [0.15, 0.2) is 5.16 Å². The highest BCUT2D eigenvalue weighted by Gasteiger charge is 2.19. The topological polar surface area (TPSA) is 116 Å². The number of piperidine rings is 1. The minimum Gasteiger partial charge on any atom is -0.382 e. The SMILES string of the molecule is Cc1cc(N)nn1C(=O)CSc1nc2ccccc2c(=O)n1CCC(=O)N1CCCCC1. The van der Waals surface area contributed by atoms with Crippen molar-refractivity contribution in [2.75, 3.05) is 24.6 Å². The largest absolute Gasteiger partial charge is 0.382 e. The number of benzene rings is 1. The van der Waals surface area contributed by atoms with Crippen molar-refractivity contribution in [2.24, 2.45) is 0 Å². The summed E-state index contributed by atoms with van der Waals surface area (Å²) < 4.78 is 2.76. The molecule has 10 heteroatoms. The van der Waals surface area contributed by atoms with Gasteiger partial charge in [0.1, 0.15) is 5.82 Å². The number of nitrogen functional groups attached to an aromatic ring is 1. The van der Waals surface area contributed by atoms with Crippen LogP contribution >= 0.6 is 11.8 Å². The first kappa shape index (κ1) is 22.1. The molecule has 1 aliphatic heterocycles. The summed E-state index contributed by atoms with van der Waals surface area (Å²) in [6, 6.07) is 8.72. The van der Waals surface area contributed by atoms with E-state index >= 15 is 0 Å². The number of anilines is 1. The molecular weight excluding hydrogens is 428 g/mol. The summed E-state index contributed by atoms with van der Waals surface area (Å²) in [4.78, 5) is 44.9. The number of para-hydroxylation sites is 1. The zero-order valence-electron chi connectivity index (χ0n) is 18.0. The van der Waals surface area contributed by atoms with Gasteiger partial charge in [0, 0.05) is 37.8 Å². The molecule has 0 spiro atoms. The van der Waals surface area contributed by atoms with E-state index in [4.69, 9.17) is 5.73 Å². The van der Waals surface area contributed by atoms with E-state index in [1.807, 2.05) is 11.0 Å². The van der Waals surface area contributed by atoms with Crippen molar-refractivity contribution in [1.82, 2.24) is 24.2 Å². The van der Waals surface area contributed by atoms with Crippen LogP contribution in [-0.4, -0.2) is 54.9 Å². The number of fused-ring (bicyclic) bond motifs is 1. The molecule has 1 fully saturated rings. The first-order valence-electron chi connectivity index (χ1n) is 10.7. The van der Waals surface area contributed by atoms with E-state index in [1.165, 1.54) is 9.25 Å². The quantitative estimate of drug-likeness (QED) is 0.449. The van der Waals surface area contributed by atoms with E-state index in [1.54, 1.807) is 31.2 Å². The van der Waals surface area contributed by atoms with Crippen LogP contribution in [0, 0.1) is 6.92 Å². The van der Waals surface area contributed by atoms with Gasteiger partial charge in [-0.1, -0.05) is 23.9 Å². The minimum atomic E-state index is -0.262. The van der Waals surface area contributed by atoms with Crippen molar-refractivity contribution in [3.8, 4) is 0 Å². The van der Waals surface area contributed by atoms with Crippen LogP contribution in [0.4, 0.5) is 5.82 Å². The van der Waals surface area contributed by atoms with E-state index in [0.717, 1.165) is 44.1 Å². The molecule has 0 radical (unpaired) electrons. The summed E-state index contributed by atoms with van der Waals surface area (Å²) in [5.41, 5.74) is 6.67. The van der Waals surface area contributed by atoms with Gasteiger partial charge >= 0.3 is 0 Å². The number of aryl methyl sites for hydroxylation is 1. The van der Waals surface area contributed by atoms with Crippen LogP contribution in [0.25, 0.3) is 10.9 Å². The molecule has 2 N–H and O–H groups in total. The Kier molecular flexibility index (Phi) is 6.59. The maximum absolute atomic E-state index is 13.2. The fraction of sp³-hybridized carbons (Fsp3) is 0.409. The Balaban J connectivity index is 1.57. The van der Waals surface area contributed by atoms with Gasteiger partial charge in [0.2, 0.25) is 5.91 Å². The fourth-order valence-electron chi connectivity index (χ4n) is 3.90. The van der Waals surface area contributed by atoms with Gasteiger partial charge in [-0.05, 0) is 38.3 Å². The number of aromatic nitrogens is 4. The zero-order valence-corrected chi connectivity index (χ0v) is 18.8. The van der Waals surface area contributed by atoms with Gasteiger partial charge in [-0.3, -0.25) is 19.0 Å². The van der Waals surface area contributed by atoms with Crippen LogP contribution in [0.1, 0.15) is 36.2 Å². The average molecular weight is 455 g/mol. The van der Waals surface area contributed by atoms with Crippen LogP contribution in [0.2, 0.25) is 0 Å². The molecule has 0 saturated carbocycles.